The van der Waals surface area contributed by atoms with E-state index in [1.54, 1.807) is 0 Å². The van der Waals surface area contributed by atoms with Crippen LogP contribution >= 0.6 is 0 Å². The third-order valence-corrected chi connectivity index (χ3v) is 8.79. The second-order valence-corrected chi connectivity index (χ2v) is 13.8. The molecule has 0 saturated carbocycles. The van der Waals surface area contributed by atoms with Gasteiger partial charge in [0.25, 0.3) is 0 Å². The van der Waals surface area contributed by atoms with Gasteiger partial charge in [-0.25, -0.2) is 4.57 Å². The van der Waals surface area contributed by atoms with Crippen molar-refractivity contribution in [3.05, 3.63) is 102 Å². The van der Waals surface area contributed by atoms with Gasteiger partial charge in [0.15, 0.2) is 6.20 Å². The Balaban J connectivity index is 1.60. The van der Waals surface area contributed by atoms with Gasteiger partial charge in [-0.05, 0) is 81.0 Å². The molecule has 0 spiro atoms. The van der Waals surface area contributed by atoms with Gasteiger partial charge in [-0.1, -0.05) is 101 Å². The van der Waals surface area contributed by atoms with Crippen molar-refractivity contribution in [1.29, 1.82) is 0 Å². The standard InChI is InChI=1S/C40H40NO/c1-24(2)20-33-30-17-16-26(23-40(4,5)6)21-32(30)25(3)35-38-37-31(18-19-41(38)7)36-28(22-34(37)42-39(33)35)14-11-15-29(36)27-12-9-8-10-13-27/h8-19,21-22,24H,20,23H2,1-7H3/q+1. The maximum absolute atomic E-state index is 7.08. The molecule has 1 aliphatic heterocycles. The fourth-order valence-electron chi connectivity index (χ4n) is 7.13. The van der Waals surface area contributed by atoms with Gasteiger partial charge in [0.1, 0.15) is 18.5 Å². The van der Waals surface area contributed by atoms with Crippen LogP contribution in [0.25, 0.3) is 54.7 Å². The molecule has 0 amide bonds. The van der Waals surface area contributed by atoms with Crippen LogP contribution in [0.2, 0.25) is 0 Å². The molecule has 0 N–H and O–H groups in total. The maximum Gasteiger partial charge on any atom is 0.228 e. The van der Waals surface area contributed by atoms with E-state index >= 15 is 0 Å². The van der Waals surface area contributed by atoms with Crippen LogP contribution < -0.4 is 9.30 Å². The van der Waals surface area contributed by atoms with E-state index in [0.717, 1.165) is 24.3 Å². The average molecular weight is 551 g/mol. The number of hydrogen-bond donors (Lipinski definition) is 0. The first kappa shape index (κ1) is 26.7. The van der Waals surface area contributed by atoms with Crippen LogP contribution in [0.3, 0.4) is 0 Å². The molecule has 2 nitrogen and oxygen atoms in total. The van der Waals surface area contributed by atoms with Gasteiger partial charge < -0.3 is 4.74 Å². The molecule has 0 saturated heterocycles. The van der Waals surface area contributed by atoms with Gasteiger partial charge in [-0.2, -0.15) is 0 Å². The minimum Gasteiger partial charge on any atom is -0.455 e. The average Bonchev–Trinajstić information content (AvgIpc) is 2.95. The first-order valence-corrected chi connectivity index (χ1v) is 15.3. The quantitative estimate of drug-likeness (QED) is 0.157. The first-order valence-electron chi connectivity index (χ1n) is 15.3. The summed E-state index contributed by atoms with van der Waals surface area (Å²) >= 11 is 0. The molecule has 2 heterocycles. The number of nitrogens with zero attached hydrogens (tertiary/aromatic N) is 1. The largest absolute Gasteiger partial charge is 0.455 e. The molecule has 0 aliphatic carbocycles. The van der Waals surface area contributed by atoms with Crippen LogP contribution in [-0.2, 0) is 19.9 Å². The first-order chi connectivity index (χ1) is 20.1. The summed E-state index contributed by atoms with van der Waals surface area (Å²) in [6, 6.07) is 29.1. The Hall–Kier alpha value is -4.17. The Kier molecular flexibility index (Phi) is 6.17. The normalized spacial score (nSPS) is 12.8. The zero-order valence-electron chi connectivity index (χ0n) is 25.9. The molecular formula is C40H40NO+. The van der Waals surface area contributed by atoms with Crippen molar-refractivity contribution in [1.82, 2.24) is 0 Å². The zero-order chi connectivity index (χ0) is 29.3. The van der Waals surface area contributed by atoms with E-state index in [4.69, 9.17) is 4.74 Å². The van der Waals surface area contributed by atoms with Crippen molar-refractivity contribution < 1.29 is 9.30 Å². The summed E-state index contributed by atoms with van der Waals surface area (Å²) in [5, 5.41) is 7.60. The molecular weight excluding hydrogens is 510 g/mol. The van der Waals surface area contributed by atoms with Crippen LogP contribution in [0.4, 0.5) is 0 Å². The molecule has 5 aromatic carbocycles. The minimum atomic E-state index is 0.230. The van der Waals surface area contributed by atoms with E-state index < -0.39 is 0 Å². The van der Waals surface area contributed by atoms with Crippen LogP contribution in [0.5, 0.6) is 11.5 Å². The number of hydrogen-bond acceptors (Lipinski definition) is 1. The Morgan fingerprint density at radius 1 is 0.810 bits per heavy atom. The van der Waals surface area contributed by atoms with E-state index in [1.807, 2.05) is 0 Å². The van der Waals surface area contributed by atoms with E-state index in [9.17, 15) is 0 Å². The Morgan fingerprint density at radius 3 is 2.33 bits per heavy atom. The molecule has 210 valence electrons. The predicted molar refractivity (Wildman–Crippen MR) is 178 cm³/mol. The number of ether oxygens (including phenoxy) is 1. The highest BCUT2D eigenvalue weighted by molar-refractivity contribution is 6.20. The third kappa shape index (κ3) is 4.28. The smallest absolute Gasteiger partial charge is 0.228 e. The van der Waals surface area contributed by atoms with Gasteiger partial charge in [0.05, 0.1) is 10.9 Å². The van der Waals surface area contributed by atoms with Crippen LogP contribution in [-0.4, -0.2) is 0 Å². The van der Waals surface area contributed by atoms with Crippen LogP contribution in [0, 0.1) is 18.3 Å². The monoisotopic (exact) mass is 550 g/mol. The number of aryl methyl sites for hydroxylation is 2. The summed E-state index contributed by atoms with van der Waals surface area (Å²) in [4.78, 5) is 0. The molecule has 1 aliphatic rings. The van der Waals surface area contributed by atoms with E-state index in [1.165, 1.54) is 71.4 Å². The molecule has 42 heavy (non-hydrogen) atoms. The Labute approximate surface area is 249 Å². The van der Waals surface area contributed by atoms with Gasteiger partial charge in [-0.15, -0.1) is 0 Å². The number of benzene rings is 5. The van der Waals surface area contributed by atoms with E-state index in [2.05, 4.69) is 138 Å². The van der Waals surface area contributed by atoms with E-state index in [-0.39, 0.29) is 5.41 Å². The lowest BCUT2D eigenvalue weighted by Crippen LogP contribution is -2.32. The molecule has 0 fully saturated rings. The lowest BCUT2D eigenvalue weighted by molar-refractivity contribution is -0.659. The minimum absolute atomic E-state index is 0.230. The fourth-order valence-corrected chi connectivity index (χ4v) is 7.13. The Morgan fingerprint density at radius 2 is 1.60 bits per heavy atom. The number of rotatable bonds is 4. The fraction of sp³-hybridized carbons (Fsp3) is 0.275. The summed E-state index contributed by atoms with van der Waals surface area (Å²) in [6.45, 7) is 13.9. The number of pyridine rings is 1. The zero-order valence-corrected chi connectivity index (χ0v) is 25.9. The molecule has 0 atom stereocenters. The highest BCUT2D eigenvalue weighted by atomic mass is 16.5. The van der Waals surface area contributed by atoms with Crippen molar-refractivity contribution in [3.8, 4) is 33.9 Å². The maximum atomic E-state index is 7.08. The highest BCUT2D eigenvalue weighted by Crippen LogP contribution is 2.53. The van der Waals surface area contributed by atoms with Crippen molar-refractivity contribution >= 4 is 32.3 Å². The summed E-state index contributed by atoms with van der Waals surface area (Å²) in [5.74, 6) is 2.50. The number of aromatic nitrogens is 1. The van der Waals surface area contributed by atoms with Gasteiger partial charge >= 0.3 is 0 Å². The summed E-state index contributed by atoms with van der Waals surface area (Å²) in [6.07, 6.45) is 4.26. The summed E-state index contributed by atoms with van der Waals surface area (Å²) in [5.41, 5.74) is 9.23. The SMILES string of the molecule is Cc1c2c(c(CC(C)C)c3ccc(CC(C)(C)C)cc13)Oc1cc3cccc(-c4ccccc4)c3c3cc[n+](C)c-2c13. The van der Waals surface area contributed by atoms with Crippen molar-refractivity contribution in [2.45, 2.75) is 54.4 Å². The van der Waals surface area contributed by atoms with Crippen LogP contribution in [0.1, 0.15) is 51.3 Å². The van der Waals surface area contributed by atoms with Gasteiger partial charge in [-0.3, -0.25) is 0 Å². The van der Waals surface area contributed by atoms with Crippen LogP contribution in [0.15, 0.2) is 85.1 Å². The van der Waals surface area contributed by atoms with Crippen molar-refractivity contribution in [2.75, 3.05) is 0 Å². The number of fused-ring (bicyclic) bond motifs is 5. The van der Waals surface area contributed by atoms with Crippen molar-refractivity contribution in [3.63, 3.8) is 0 Å². The lowest BCUT2D eigenvalue weighted by atomic mass is 9.83. The molecule has 2 heteroatoms. The molecule has 1 aromatic heterocycles. The van der Waals surface area contributed by atoms with E-state index in [0.29, 0.717) is 5.92 Å². The molecule has 0 radical (unpaired) electrons. The lowest BCUT2D eigenvalue weighted by Gasteiger charge is -2.27. The summed E-state index contributed by atoms with van der Waals surface area (Å²) in [7, 11) is 2.18. The Bertz CT molecular complexity index is 2030. The van der Waals surface area contributed by atoms with Gasteiger partial charge in [0, 0.05) is 17.0 Å². The molecule has 7 rings (SSSR count). The second-order valence-electron chi connectivity index (χ2n) is 13.8. The summed E-state index contributed by atoms with van der Waals surface area (Å²) < 4.78 is 9.38. The molecule has 0 bridgehead atoms. The molecule has 6 aromatic rings. The second kappa shape index (κ2) is 9.70. The molecule has 0 unspecified atom stereocenters. The van der Waals surface area contributed by atoms with Crippen molar-refractivity contribution in [2.24, 2.45) is 18.4 Å². The predicted octanol–water partition coefficient (Wildman–Crippen LogP) is 10.5. The highest BCUT2D eigenvalue weighted by Gasteiger charge is 2.34. The van der Waals surface area contributed by atoms with Gasteiger partial charge in [0.2, 0.25) is 5.69 Å². The topological polar surface area (TPSA) is 13.1 Å². The third-order valence-electron chi connectivity index (χ3n) is 8.79.